The molecule has 0 saturated carbocycles. The number of H-pyrrole nitrogens is 1. The number of ether oxygens (including phenoxy) is 4. The van der Waals surface area contributed by atoms with Gasteiger partial charge >= 0.3 is 0 Å². The third kappa shape index (κ3) is 6.19. The fourth-order valence-electron chi connectivity index (χ4n) is 8.56. The van der Waals surface area contributed by atoms with E-state index in [-0.39, 0.29) is 19.8 Å². The van der Waals surface area contributed by atoms with Crippen molar-refractivity contribution in [3.8, 4) is 0 Å². The molecule has 0 unspecified atom stereocenters. The van der Waals surface area contributed by atoms with E-state index < -0.39 is 42.5 Å². The summed E-state index contributed by atoms with van der Waals surface area (Å²) in [7, 11) is 0. The first-order valence-electron chi connectivity index (χ1n) is 19.2. The molecule has 0 aliphatic carbocycles. The number of para-hydroxylation sites is 2. The summed E-state index contributed by atoms with van der Waals surface area (Å²) in [6.45, 7) is 0.813. The van der Waals surface area contributed by atoms with Crippen LogP contribution in [0.25, 0.3) is 43.6 Å². The largest absolute Gasteiger partial charge is 0.387 e. The van der Waals surface area contributed by atoms with E-state index in [9.17, 15) is 14.7 Å². The molecule has 2 amide bonds. The maximum atomic E-state index is 13.9. The lowest BCUT2D eigenvalue weighted by Gasteiger charge is -2.45. The van der Waals surface area contributed by atoms with Crippen molar-refractivity contribution in [3.63, 3.8) is 0 Å². The molecule has 5 atom stereocenters. The topological polar surface area (TPSA) is 124 Å². The van der Waals surface area contributed by atoms with E-state index in [0.717, 1.165) is 38.5 Å². The van der Waals surface area contributed by atoms with Gasteiger partial charge in [-0.25, -0.2) is 0 Å². The maximum Gasteiger partial charge on any atom is 0.259 e. The van der Waals surface area contributed by atoms with Crippen molar-refractivity contribution in [3.05, 3.63) is 167 Å². The number of aromatic nitrogens is 2. The van der Waals surface area contributed by atoms with Crippen LogP contribution in [0.15, 0.2) is 140 Å². The molecule has 6 aromatic carbocycles. The number of aromatic amines is 1. The van der Waals surface area contributed by atoms with Crippen LogP contribution in [0, 0.1) is 0 Å². The average Bonchev–Trinajstić information content (AvgIpc) is 3.90. The highest BCUT2D eigenvalue weighted by atomic mass is 16.6. The highest BCUT2D eigenvalue weighted by Gasteiger charge is 2.49. The number of hydrogen-bond acceptors (Lipinski definition) is 7. The Morgan fingerprint density at radius 1 is 0.614 bits per heavy atom. The van der Waals surface area contributed by atoms with Crippen molar-refractivity contribution in [2.24, 2.45) is 0 Å². The summed E-state index contributed by atoms with van der Waals surface area (Å²) in [6, 6.07) is 45.1. The minimum Gasteiger partial charge on any atom is -0.387 e. The van der Waals surface area contributed by atoms with Crippen molar-refractivity contribution in [1.29, 1.82) is 0 Å². The minimum atomic E-state index is -1.14. The van der Waals surface area contributed by atoms with E-state index in [2.05, 4.69) is 14.9 Å². The molecule has 1 saturated heterocycles. The van der Waals surface area contributed by atoms with Gasteiger partial charge < -0.3 is 33.6 Å². The Morgan fingerprint density at radius 2 is 1.16 bits per heavy atom. The van der Waals surface area contributed by atoms with Crippen LogP contribution in [0.5, 0.6) is 0 Å². The van der Waals surface area contributed by atoms with Crippen molar-refractivity contribution in [1.82, 2.24) is 14.9 Å². The number of hydrogen-bond donors (Lipinski definition) is 3. The molecule has 2 aliphatic heterocycles. The van der Waals surface area contributed by atoms with E-state index >= 15 is 0 Å². The molecule has 0 radical (unpaired) electrons. The predicted molar refractivity (Wildman–Crippen MR) is 217 cm³/mol. The molecule has 10 heteroatoms. The fraction of sp³-hybridized carbons (Fsp3) is 0.191. The van der Waals surface area contributed by atoms with Gasteiger partial charge in [-0.05, 0) is 28.8 Å². The standard InChI is InChI=1S/C47H39N3O7/c51-42-35(27-54-24-28-14-4-1-5-15-28)57-47(44(56-26-30-18-8-3-9-19-30)43(42)55-25-29-16-6-2-7-17-29)50-34-23-13-11-21-32(34)37-39-38(45(52)49-46(39)53)36-31-20-10-12-22-33(31)48-40(36)41(37)50/h1-23,35,42-44,47-48,51H,24-27H2,(H,49,52,53)/t35-,42+,43+,44-,47-/m1/s1. The van der Waals surface area contributed by atoms with Gasteiger partial charge in [-0.1, -0.05) is 127 Å². The number of imide groups is 1. The second kappa shape index (κ2) is 14.7. The minimum absolute atomic E-state index is 0.0639. The highest BCUT2D eigenvalue weighted by Crippen LogP contribution is 2.47. The molecule has 2 aromatic heterocycles. The van der Waals surface area contributed by atoms with E-state index in [0.29, 0.717) is 39.5 Å². The molecular weight excluding hydrogens is 719 g/mol. The zero-order valence-corrected chi connectivity index (χ0v) is 30.8. The first kappa shape index (κ1) is 35.3. The average molecular weight is 758 g/mol. The van der Waals surface area contributed by atoms with E-state index in [1.165, 1.54) is 0 Å². The monoisotopic (exact) mass is 757 g/mol. The van der Waals surface area contributed by atoms with Gasteiger partial charge in [0.05, 0.1) is 54.1 Å². The molecule has 0 bridgehead atoms. The third-order valence-electron chi connectivity index (χ3n) is 11.1. The van der Waals surface area contributed by atoms with Crippen LogP contribution in [-0.2, 0) is 38.8 Å². The van der Waals surface area contributed by atoms with E-state index in [4.69, 9.17) is 18.9 Å². The summed E-state index contributed by atoms with van der Waals surface area (Å²) < 4.78 is 29.0. The zero-order valence-electron chi connectivity index (χ0n) is 30.8. The summed E-state index contributed by atoms with van der Waals surface area (Å²) in [4.78, 5) is 31.1. The van der Waals surface area contributed by atoms with Gasteiger partial charge in [0.2, 0.25) is 0 Å². The quantitative estimate of drug-likeness (QED) is 0.114. The lowest BCUT2D eigenvalue weighted by atomic mass is 9.96. The van der Waals surface area contributed by atoms with Gasteiger partial charge in [0, 0.05) is 27.1 Å². The number of fused-ring (bicyclic) bond motifs is 10. The zero-order chi connectivity index (χ0) is 38.5. The number of nitrogens with zero attached hydrogens (tertiary/aromatic N) is 1. The van der Waals surface area contributed by atoms with E-state index in [1.807, 2.05) is 140 Å². The Hall–Kier alpha value is -6.14. The summed E-state index contributed by atoms with van der Waals surface area (Å²) in [5.74, 6) is -0.891. The second-order valence-electron chi connectivity index (χ2n) is 14.6. The van der Waals surface area contributed by atoms with Crippen molar-refractivity contribution >= 4 is 55.4 Å². The third-order valence-corrected chi connectivity index (χ3v) is 11.1. The Morgan fingerprint density at radius 3 is 1.82 bits per heavy atom. The van der Waals surface area contributed by atoms with Gasteiger partial charge in [0.15, 0.2) is 6.23 Å². The van der Waals surface area contributed by atoms with Crippen LogP contribution in [0.2, 0.25) is 0 Å². The second-order valence-corrected chi connectivity index (χ2v) is 14.6. The molecule has 10 nitrogen and oxygen atoms in total. The molecule has 3 N–H and O–H groups in total. The maximum absolute atomic E-state index is 13.9. The first-order valence-corrected chi connectivity index (χ1v) is 19.2. The van der Waals surface area contributed by atoms with Gasteiger partial charge in [-0.15, -0.1) is 0 Å². The molecule has 57 heavy (non-hydrogen) atoms. The molecule has 284 valence electrons. The molecule has 0 spiro atoms. The number of benzene rings is 6. The van der Waals surface area contributed by atoms with Crippen molar-refractivity contribution in [2.75, 3.05) is 6.61 Å². The Bertz CT molecular complexity index is 2760. The SMILES string of the molecule is O=C1NC(=O)c2c1c1c3ccccc3[nH]c1c1c2c2ccccc2n1[C@@H]1O[C@H](COCc2ccccc2)[C@H](O)[C@H](OCc2ccccc2)[C@H]1OCc1ccccc1. The van der Waals surface area contributed by atoms with Crippen molar-refractivity contribution < 1.29 is 33.6 Å². The summed E-state index contributed by atoms with van der Waals surface area (Å²) in [5.41, 5.74) is 6.46. The molecule has 8 aromatic rings. The van der Waals surface area contributed by atoms with Gasteiger partial charge in [0.25, 0.3) is 11.8 Å². The van der Waals surface area contributed by atoms with Gasteiger partial charge in [0.1, 0.15) is 24.4 Å². The van der Waals surface area contributed by atoms with Gasteiger partial charge in [-0.2, -0.15) is 0 Å². The molecule has 1 fully saturated rings. The summed E-state index contributed by atoms with van der Waals surface area (Å²) >= 11 is 0. The molecule has 4 heterocycles. The lowest BCUT2D eigenvalue weighted by molar-refractivity contribution is -0.278. The van der Waals surface area contributed by atoms with Crippen molar-refractivity contribution in [2.45, 2.75) is 50.5 Å². The van der Waals surface area contributed by atoms with Crippen LogP contribution in [-0.4, -0.2) is 57.5 Å². The molecule has 10 rings (SSSR count). The van der Waals surface area contributed by atoms with Crippen LogP contribution < -0.4 is 5.32 Å². The summed E-state index contributed by atoms with van der Waals surface area (Å²) in [5, 5.41) is 17.7. The number of aliphatic hydroxyl groups is 1. The number of rotatable bonds is 11. The molecule has 2 aliphatic rings. The smallest absolute Gasteiger partial charge is 0.259 e. The first-order chi connectivity index (χ1) is 28.0. The normalized spacial score (nSPS) is 20.8. The van der Waals surface area contributed by atoms with Crippen LogP contribution in [0.3, 0.4) is 0 Å². The summed E-state index contributed by atoms with van der Waals surface area (Å²) in [6.07, 6.45) is -4.64. The van der Waals surface area contributed by atoms with Crippen LogP contribution >= 0.6 is 0 Å². The fourth-order valence-corrected chi connectivity index (χ4v) is 8.56. The predicted octanol–water partition coefficient (Wildman–Crippen LogP) is 7.96. The Labute approximate surface area is 327 Å². The van der Waals surface area contributed by atoms with Crippen LogP contribution in [0.1, 0.15) is 43.6 Å². The number of nitrogens with one attached hydrogen (secondary N) is 2. The number of carbonyl (C=O) groups is 2. The van der Waals surface area contributed by atoms with Gasteiger partial charge in [-0.3, -0.25) is 14.9 Å². The Kier molecular flexibility index (Phi) is 9.13. The highest BCUT2D eigenvalue weighted by molar-refractivity contribution is 6.39. The number of aliphatic hydroxyl groups excluding tert-OH is 1. The van der Waals surface area contributed by atoms with Crippen LogP contribution in [0.4, 0.5) is 0 Å². The molecular formula is C47H39N3O7. The van der Waals surface area contributed by atoms with E-state index in [1.54, 1.807) is 0 Å². The number of amides is 2. The number of carbonyl (C=O) groups excluding carboxylic acids is 2. The lowest BCUT2D eigenvalue weighted by Crippen LogP contribution is -2.58. The Balaban J connectivity index is 1.19.